The summed E-state index contributed by atoms with van der Waals surface area (Å²) in [6.07, 6.45) is 1.44. The molecular formula is C26H25ClN2O6. The van der Waals surface area contributed by atoms with Crippen molar-refractivity contribution in [2.75, 3.05) is 19.8 Å². The average Bonchev–Trinajstić information content (AvgIpc) is 2.85. The molecule has 3 aromatic carbocycles. The van der Waals surface area contributed by atoms with E-state index in [1.807, 2.05) is 13.8 Å². The van der Waals surface area contributed by atoms with Gasteiger partial charge in [-0.3, -0.25) is 4.79 Å². The largest absolute Gasteiger partial charge is 0.494 e. The molecule has 3 rings (SSSR count). The number of benzene rings is 3. The maximum atomic E-state index is 12.5. The van der Waals surface area contributed by atoms with Crippen LogP contribution in [0.1, 0.15) is 29.8 Å². The van der Waals surface area contributed by atoms with Gasteiger partial charge in [0.25, 0.3) is 5.91 Å². The van der Waals surface area contributed by atoms with Crippen molar-refractivity contribution in [2.24, 2.45) is 5.10 Å². The van der Waals surface area contributed by atoms with Gasteiger partial charge in [-0.1, -0.05) is 17.7 Å². The fraction of sp³-hybridized carbons (Fsp3) is 0.192. The van der Waals surface area contributed by atoms with Gasteiger partial charge in [-0.25, -0.2) is 10.2 Å². The Balaban J connectivity index is 1.59. The first-order valence-corrected chi connectivity index (χ1v) is 11.3. The van der Waals surface area contributed by atoms with Crippen molar-refractivity contribution < 1.29 is 28.5 Å². The molecule has 9 heteroatoms. The van der Waals surface area contributed by atoms with Crippen molar-refractivity contribution >= 4 is 29.7 Å². The first-order valence-electron chi connectivity index (χ1n) is 10.9. The van der Waals surface area contributed by atoms with E-state index >= 15 is 0 Å². The van der Waals surface area contributed by atoms with Crippen molar-refractivity contribution in [1.82, 2.24) is 5.43 Å². The van der Waals surface area contributed by atoms with E-state index in [0.29, 0.717) is 46.6 Å². The first-order chi connectivity index (χ1) is 17.0. The number of hydrazone groups is 1. The van der Waals surface area contributed by atoms with Gasteiger partial charge in [-0.2, -0.15) is 5.10 Å². The number of halogens is 1. The highest BCUT2D eigenvalue weighted by Gasteiger charge is 2.13. The molecule has 0 aliphatic rings. The van der Waals surface area contributed by atoms with Crippen molar-refractivity contribution in [3.8, 4) is 23.0 Å². The molecule has 0 fully saturated rings. The summed E-state index contributed by atoms with van der Waals surface area (Å²) < 4.78 is 21.9. The monoisotopic (exact) mass is 496 g/mol. The molecule has 0 aliphatic heterocycles. The number of carbonyl (C=O) groups is 2. The number of ether oxygens (including phenoxy) is 4. The summed E-state index contributed by atoms with van der Waals surface area (Å²) in [6, 6.07) is 18.4. The number of hydrogen-bond donors (Lipinski definition) is 1. The third kappa shape index (κ3) is 8.04. The van der Waals surface area contributed by atoms with Gasteiger partial charge in [0.2, 0.25) is 0 Å². The predicted octanol–water partition coefficient (Wildman–Crippen LogP) is 4.89. The van der Waals surface area contributed by atoms with Crippen molar-refractivity contribution in [2.45, 2.75) is 13.8 Å². The summed E-state index contributed by atoms with van der Waals surface area (Å²) in [7, 11) is 0. The molecule has 0 saturated carbocycles. The Morgan fingerprint density at radius 1 is 0.886 bits per heavy atom. The minimum absolute atomic E-state index is 0.220. The Hall–Kier alpha value is -4.04. The summed E-state index contributed by atoms with van der Waals surface area (Å²) >= 11 is 5.89. The van der Waals surface area contributed by atoms with Crippen LogP contribution in [0.5, 0.6) is 23.0 Å². The summed E-state index contributed by atoms with van der Waals surface area (Å²) in [5.74, 6) is 0.821. The lowest BCUT2D eigenvalue weighted by Crippen LogP contribution is -2.24. The van der Waals surface area contributed by atoms with Gasteiger partial charge >= 0.3 is 5.97 Å². The van der Waals surface area contributed by atoms with Gasteiger partial charge in [0, 0.05) is 5.02 Å². The molecule has 0 unspecified atom stereocenters. The van der Waals surface area contributed by atoms with Gasteiger partial charge in [-0.05, 0) is 80.1 Å². The van der Waals surface area contributed by atoms with Crippen LogP contribution in [0.25, 0.3) is 0 Å². The maximum absolute atomic E-state index is 12.5. The van der Waals surface area contributed by atoms with Crippen molar-refractivity contribution in [3.63, 3.8) is 0 Å². The summed E-state index contributed by atoms with van der Waals surface area (Å²) in [5, 5.41) is 4.44. The molecule has 8 nitrogen and oxygen atoms in total. The summed E-state index contributed by atoms with van der Waals surface area (Å²) in [6.45, 7) is 4.39. The Bertz CT molecular complexity index is 1180. The predicted molar refractivity (Wildman–Crippen MR) is 133 cm³/mol. The number of esters is 1. The molecule has 1 N–H and O–H groups in total. The van der Waals surface area contributed by atoms with E-state index in [2.05, 4.69) is 10.5 Å². The van der Waals surface area contributed by atoms with E-state index in [1.165, 1.54) is 6.21 Å². The third-order valence-electron chi connectivity index (χ3n) is 4.44. The van der Waals surface area contributed by atoms with Crippen LogP contribution in [0.4, 0.5) is 0 Å². The molecule has 0 saturated heterocycles. The number of carbonyl (C=O) groups excluding carboxylic acids is 2. The molecule has 0 heterocycles. The van der Waals surface area contributed by atoms with E-state index in [-0.39, 0.29) is 12.4 Å². The second-order valence-electron chi connectivity index (χ2n) is 7.03. The molecule has 0 bridgehead atoms. The molecule has 3 aromatic rings. The highest BCUT2D eigenvalue weighted by molar-refractivity contribution is 6.30. The lowest BCUT2D eigenvalue weighted by atomic mass is 10.2. The van der Waals surface area contributed by atoms with Gasteiger partial charge in [0.15, 0.2) is 18.1 Å². The molecule has 182 valence electrons. The Morgan fingerprint density at radius 2 is 1.66 bits per heavy atom. The van der Waals surface area contributed by atoms with E-state index in [1.54, 1.807) is 66.7 Å². The van der Waals surface area contributed by atoms with Crippen LogP contribution in [0.3, 0.4) is 0 Å². The smallest absolute Gasteiger partial charge is 0.343 e. The fourth-order valence-electron chi connectivity index (χ4n) is 2.89. The van der Waals surface area contributed by atoms with Crippen LogP contribution in [-0.2, 0) is 4.79 Å². The van der Waals surface area contributed by atoms with Crippen LogP contribution in [-0.4, -0.2) is 37.9 Å². The Kier molecular flexibility index (Phi) is 9.50. The molecule has 0 aliphatic carbocycles. The molecular weight excluding hydrogens is 472 g/mol. The number of nitrogens with zero attached hydrogens (tertiary/aromatic N) is 1. The Labute approximate surface area is 208 Å². The van der Waals surface area contributed by atoms with Crippen LogP contribution in [0.2, 0.25) is 5.02 Å². The van der Waals surface area contributed by atoms with Crippen LogP contribution >= 0.6 is 11.6 Å². The fourth-order valence-corrected chi connectivity index (χ4v) is 3.07. The lowest BCUT2D eigenvalue weighted by molar-refractivity contribution is -0.123. The maximum Gasteiger partial charge on any atom is 0.343 e. The zero-order valence-corrected chi connectivity index (χ0v) is 20.1. The molecule has 35 heavy (non-hydrogen) atoms. The lowest BCUT2D eigenvalue weighted by Gasteiger charge is -2.11. The van der Waals surface area contributed by atoms with Crippen molar-refractivity contribution in [1.29, 1.82) is 0 Å². The number of amides is 1. The average molecular weight is 497 g/mol. The first kappa shape index (κ1) is 25.6. The van der Waals surface area contributed by atoms with Gasteiger partial charge < -0.3 is 18.9 Å². The van der Waals surface area contributed by atoms with Gasteiger partial charge in [0.05, 0.1) is 25.0 Å². The number of nitrogens with one attached hydrogen (secondary N) is 1. The minimum Gasteiger partial charge on any atom is -0.494 e. The minimum atomic E-state index is -0.526. The highest BCUT2D eigenvalue weighted by atomic mass is 35.5. The number of hydrogen-bond acceptors (Lipinski definition) is 7. The Morgan fingerprint density at radius 3 is 2.37 bits per heavy atom. The van der Waals surface area contributed by atoms with E-state index in [0.717, 1.165) is 0 Å². The summed E-state index contributed by atoms with van der Waals surface area (Å²) in [5.41, 5.74) is 3.39. The van der Waals surface area contributed by atoms with Crippen LogP contribution in [0, 0.1) is 0 Å². The molecule has 0 radical (unpaired) electrons. The van der Waals surface area contributed by atoms with Crippen LogP contribution in [0.15, 0.2) is 71.8 Å². The van der Waals surface area contributed by atoms with E-state index < -0.39 is 11.9 Å². The molecule has 0 aromatic heterocycles. The topological polar surface area (TPSA) is 95.5 Å². The SMILES string of the molecule is CCOc1ccc(C(=O)Oc2ccc(C=NNC(=O)COc3cccc(Cl)c3)cc2OCC)cc1. The third-order valence-corrected chi connectivity index (χ3v) is 4.68. The quantitative estimate of drug-likeness (QED) is 0.176. The normalized spacial score (nSPS) is 10.6. The molecule has 0 atom stereocenters. The second-order valence-corrected chi connectivity index (χ2v) is 7.46. The standard InChI is InChI=1S/C26H25ClN2O6/c1-3-32-21-11-9-19(10-12-21)26(31)35-23-13-8-18(14-24(23)33-4-2)16-28-29-25(30)17-34-22-7-5-6-20(27)15-22/h5-16H,3-4,17H2,1-2H3,(H,29,30). The van der Waals surface area contributed by atoms with Crippen LogP contribution < -0.4 is 24.4 Å². The van der Waals surface area contributed by atoms with Gasteiger partial charge in [0.1, 0.15) is 11.5 Å². The van der Waals surface area contributed by atoms with E-state index in [4.69, 9.17) is 30.5 Å². The van der Waals surface area contributed by atoms with Gasteiger partial charge in [-0.15, -0.1) is 0 Å². The zero-order chi connectivity index (χ0) is 25.0. The second kappa shape index (κ2) is 13.0. The highest BCUT2D eigenvalue weighted by Crippen LogP contribution is 2.29. The number of rotatable bonds is 11. The van der Waals surface area contributed by atoms with Crippen molar-refractivity contribution in [3.05, 3.63) is 82.9 Å². The van der Waals surface area contributed by atoms with E-state index in [9.17, 15) is 9.59 Å². The molecule has 1 amide bonds. The zero-order valence-electron chi connectivity index (χ0n) is 19.3. The summed E-state index contributed by atoms with van der Waals surface area (Å²) in [4.78, 5) is 24.5. The molecule has 0 spiro atoms.